The lowest BCUT2D eigenvalue weighted by molar-refractivity contribution is 0.0703. The van der Waals surface area contributed by atoms with Gasteiger partial charge in [-0.15, -0.1) is 11.3 Å². The van der Waals surface area contributed by atoms with Crippen LogP contribution < -0.4 is 4.72 Å². The lowest BCUT2D eigenvalue weighted by Gasteiger charge is -2.09. The summed E-state index contributed by atoms with van der Waals surface area (Å²) in [7, 11) is -3.93. The van der Waals surface area contributed by atoms with Crippen molar-refractivity contribution in [3.8, 4) is 11.1 Å². The van der Waals surface area contributed by atoms with Crippen molar-refractivity contribution in [1.82, 2.24) is 0 Å². The third-order valence-electron chi connectivity index (χ3n) is 4.56. The maximum Gasteiger partial charge on any atom is 0.348 e. The van der Waals surface area contributed by atoms with Gasteiger partial charge in [-0.3, -0.25) is 4.72 Å². The van der Waals surface area contributed by atoms with Crippen molar-refractivity contribution in [3.63, 3.8) is 0 Å². The van der Waals surface area contributed by atoms with Crippen molar-refractivity contribution < 1.29 is 18.3 Å². The summed E-state index contributed by atoms with van der Waals surface area (Å²) in [5.41, 5.74) is 2.82. The van der Waals surface area contributed by atoms with E-state index in [4.69, 9.17) is 0 Å². The molecule has 5 nitrogen and oxygen atoms in total. The van der Waals surface area contributed by atoms with Crippen molar-refractivity contribution in [3.05, 3.63) is 83.2 Å². The average Bonchev–Trinajstić information content (AvgIpc) is 3.07. The predicted octanol–water partition coefficient (Wildman–Crippen LogP) is 5.38. The van der Waals surface area contributed by atoms with E-state index in [0.717, 1.165) is 32.7 Å². The lowest BCUT2D eigenvalue weighted by Crippen LogP contribution is -2.14. The van der Waals surface area contributed by atoms with Crippen LogP contribution in [0.2, 0.25) is 0 Å². The summed E-state index contributed by atoms with van der Waals surface area (Å²) >= 11 is 1.07. The Balaban J connectivity index is 1.89. The molecule has 0 bridgehead atoms. The molecule has 0 aliphatic rings. The van der Waals surface area contributed by atoms with Gasteiger partial charge in [0.05, 0.1) is 10.6 Å². The first-order valence-corrected chi connectivity index (χ1v) is 11.1. The zero-order chi connectivity index (χ0) is 20.6. The second kappa shape index (κ2) is 7.35. The van der Waals surface area contributed by atoms with Crippen LogP contribution in [-0.4, -0.2) is 19.5 Å². The fraction of sp³-hybridized carbons (Fsp3) is 0.0455. The first-order chi connectivity index (χ1) is 13.9. The van der Waals surface area contributed by atoms with Gasteiger partial charge in [0, 0.05) is 10.1 Å². The quantitative estimate of drug-likeness (QED) is 0.452. The number of hydrogen-bond acceptors (Lipinski definition) is 4. The van der Waals surface area contributed by atoms with Gasteiger partial charge in [-0.25, -0.2) is 13.2 Å². The molecule has 1 aromatic heterocycles. The smallest absolute Gasteiger partial charge is 0.348 e. The van der Waals surface area contributed by atoms with E-state index < -0.39 is 16.0 Å². The van der Waals surface area contributed by atoms with Gasteiger partial charge in [0.25, 0.3) is 10.0 Å². The lowest BCUT2D eigenvalue weighted by atomic mass is 10.0. The molecule has 0 amide bonds. The minimum Gasteiger partial charge on any atom is -0.477 e. The van der Waals surface area contributed by atoms with Gasteiger partial charge < -0.3 is 5.11 Å². The number of anilines is 1. The largest absolute Gasteiger partial charge is 0.477 e. The van der Waals surface area contributed by atoms with Crippen LogP contribution in [0, 0.1) is 6.92 Å². The fourth-order valence-corrected chi connectivity index (χ4v) is 5.41. The zero-order valence-electron chi connectivity index (χ0n) is 15.4. The van der Waals surface area contributed by atoms with E-state index in [1.54, 1.807) is 24.3 Å². The number of carboxylic acid groups (broad SMARTS) is 1. The molecule has 7 heteroatoms. The van der Waals surface area contributed by atoms with Gasteiger partial charge in [-0.05, 0) is 30.2 Å². The number of aromatic carboxylic acids is 1. The number of sulfonamides is 1. The molecule has 0 saturated carbocycles. The molecule has 0 unspecified atom stereocenters. The molecule has 4 aromatic rings. The highest BCUT2D eigenvalue weighted by Gasteiger charge is 2.24. The molecule has 0 atom stereocenters. The average molecular weight is 424 g/mol. The van der Waals surface area contributed by atoms with E-state index in [2.05, 4.69) is 4.72 Å². The van der Waals surface area contributed by atoms with Crippen LogP contribution in [0.25, 0.3) is 21.2 Å². The Labute approximate surface area is 172 Å². The van der Waals surface area contributed by atoms with Gasteiger partial charge in [0.1, 0.15) is 4.88 Å². The summed E-state index contributed by atoms with van der Waals surface area (Å²) in [6.07, 6.45) is 0. The van der Waals surface area contributed by atoms with Crippen molar-refractivity contribution in [2.75, 3.05) is 4.72 Å². The Morgan fingerprint density at radius 2 is 1.62 bits per heavy atom. The highest BCUT2D eigenvalue weighted by atomic mass is 32.2. The monoisotopic (exact) mass is 423 g/mol. The summed E-state index contributed by atoms with van der Waals surface area (Å²) in [6, 6.07) is 21.4. The molecular weight excluding hydrogens is 406 g/mol. The summed E-state index contributed by atoms with van der Waals surface area (Å²) in [5, 5.41) is 10.3. The third-order valence-corrected chi connectivity index (χ3v) is 7.15. The van der Waals surface area contributed by atoms with Crippen molar-refractivity contribution in [1.29, 1.82) is 0 Å². The maximum atomic E-state index is 12.9. The summed E-state index contributed by atoms with van der Waals surface area (Å²) < 4.78 is 29.0. The molecule has 146 valence electrons. The number of rotatable bonds is 5. The third kappa shape index (κ3) is 3.62. The summed E-state index contributed by atoms with van der Waals surface area (Å²) in [4.78, 5) is 11.9. The van der Waals surface area contributed by atoms with Gasteiger partial charge in [0.15, 0.2) is 0 Å². The second-order valence-electron chi connectivity index (χ2n) is 6.58. The molecular formula is C22H17NO4S2. The van der Waals surface area contributed by atoms with Gasteiger partial charge in [0.2, 0.25) is 0 Å². The first-order valence-electron chi connectivity index (χ1n) is 8.80. The highest BCUT2D eigenvalue weighted by molar-refractivity contribution is 7.92. The van der Waals surface area contributed by atoms with E-state index in [1.807, 2.05) is 43.3 Å². The number of benzene rings is 3. The van der Waals surface area contributed by atoms with Crippen LogP contribution in [0.3, 0.4) is 0 Å². The molecule has 4 rings (SSSR count). The van der Waals surface area contributed by atoms with E-state index in [1.165, 1.54) is 12.1 Å². The minimum atomic E-state index is -3.93. The van der Waals surface area contributed by atoms with Gasteiger partial charge >= 0.3 is 5.97 Å². The molecule has 29 heavy (non-hydrogen) atoms. The molecule has 0 radical (unpaired) electrons. The number of aryl methyl sites for hydroxylation is 1. The first kappa shape index (κ1) is 19.2. The molecule has 0 saturated heterocycles. The fourth-order valence-electron chi connectivity index (χ4n) is 3.13. The molecule has 0 spiro atoms. The Morgan fingerprint density at radius 3 is 2.28 bits per heavy atom. The number of hydrogen-bond donors (Lipinski definition) is 2. The number of fused-ring (bicyclic) bond motifs is 1. The van der Waals surface area contributed by atoms with Crippen molar-refractivity contribution in [2.45, 2.75) is 11.8 Å². The molecule has 0 aliphatic heterocycles. The number of nitrogens with one attached hydrogen (secondary N) is 1. The Bertz CT molecular complexity index is 1310. The van der Waals surface area contributed by atoms with E-state index in [0.29, 0.717) is 5.39 Å². The van der Waals surface area contributed by atoms with Crippen molar-refractivity contribution >= 4 is 43.1 Å². The molecule has 1 heterocycles. The van der Waals surface area contributed by atoms with Gasteiger partial charge in [-0.1, -0.05) is 66.2 Å². The van der Waals surface area contributed by atoms with Crippen LogP contribution in [0.15, 0.2) is 77.7 Å². The Kier molecular flexibility index (Phi) is 4.86. The summed E-state index contributed by atoms with van der Waals surface area (Å²) in [5.74, 6) is -1.17. The van der Waals surface area contributed by atoms with Crippen LogP contribution >= 0.6 is 11.3 Å². The van der Waals surface area contributed by atoms with E-state index in [9.17, 15) is 18.3 Å². The number of thiophene rings is 1. The standard InChI is InChI=1S/C22H17NO4S2/c1-14-10-12-16(13-11-14)29(26,27)23-19-18-9-5-8-17(15-6-3-2-4-7-15)20(18)28-21(19)22(24)25/h2-13,23H,1H3,(H,24,25). The second-order valence-corrected chi connectivity index (χ2v) is 9.28. The van der Waals surface area contributed by atoms with Crippen molar-refractivity contribution in [2.24, 2.45) is 0 Å². The maximum absolute atomic E-state index is 12.9. The van der Waals surface area contributed by atoms with Crippen LogP contribution in [-0.2, 0) is 10.0 Å². The zero-order valence-corrected chi connectivity index (χ0v) is 17.0. The molecule has 3 aromatic carbocycles. The Morgan fingerprint density at radius 1 is 0.931 bits per heavy atom. The molecule has 0 fully saturated rings. The molecule has 0 aliphatic carbocycles. The minimum absolute atomic E-state index is 0.0425. The number of carboxylic acids is 1. The summed E-state index contributed by atoms with van der Waals surface area (Å²) in [6.45, 7) is 1.86. The normalized spacial score (nSPS) is 11.5. The van der Waals surface area contributed by atoms with E-state index in [-0.39, 0.29) is 15.5 Å². The molecule has 2 N–H and O–H groups in total. The SMILES string of the molecule is Cc1ccc(S(=O)(=O)Nc2c(C(=O)O)sc3c(-c4ccccc4)cccc23)cc1. The predicted molar refractivity (Wildman–Crippen MR) is 116 cm³/mol. The topological polar surface area (TPSA) is 83.5 Å². The van der Waals surface area contributed by atoms with E-state index >= 15 is 0 Å². The van der Waals surface area contributed by atoms with Crippen LogP contribution in [0.5, 0.6) is 0 Å². The van der Waals surface area contributed by atoms with Crippen LogP contribution in [0.1, 0.15) is 15.2 Å². The number of carbonyl (C=O) groups is 1. The highest BCUT2D eigenvalue weighted by Crippen LogP contribution is 2.42. The van der Waals surface area contributed by atoms with Crippen LogP contribution in [0.4, 0.5) is 5.69 Å². The Hall–Kier alpha value is -3.16. The van der Waals surface area contributed by atoms with Gasteiger partial charge in [-0.2, -0.15) is 0 Å².